The van der Waals surface area contributed by atoms with Gasteiger partial charge in [0, 0.05) is 18.8 Å². The number of carbonyl (C=O) groups excluding carboxylic acids is 1. The molecule has 1 aromatic heterocycles. The number of hydrogen-bond donors (Lipinski definition) is 1. The Hall–Kier alpha value is -2.89. The molecule has 0 saturated heterocycles. The van der Waals surface area contributed by atoms with E-state index in [1.54, 1.807) is 32.9 Å². The zero-order valence-electron chi connectivity index (χ0n) is 14.5. The Morgan fingerprint density at radius 2 is 1.72 bits per heavy atom. The number of anilines is 1. The van der Waals surface area contributed by atoms with Crippen LogP contribution >= 0.6 is 0 Å². The lowest BCUT2D eigenvalue weighted by Gasteiger charge is -2.31. The number of carbonyl (C=O) groups is 2. The Morgan fingerprint density at radius 1 is 1.12 bits per heavy atom. The molecule has 6 nitrogen and oxygen atoms in total. The zero-order chi connectivity index (χ0) is 18.4. The molecule has 0 aliphatic heterocycles. The fraction of sp³-hybridized carbons (Fsp3) is 0.316. The van der Waals surface area contributed by atoms with Gasteiger partial charge in [-0.05, 0) is 38.5 Å². The van der Waals surface area contributed by atoms with Crippen molar-refractivity contribution >= 4 is 17.7 Å². The summed E-state index contributed by atoms with van der Waals surface area (Å²) in [6.07, 6.45) is 2.47. The maximum absolute atomic E-state index is 12.7. The molecular weight excluding hydrogens is 320 g/mol. The molecule has 0 saturated carbocycles. The van der Waals surface area contributed by atoms with E-state index in [0.717, 1.165) is 5.56 Å². The van der Waals surface area contributed by atoms with Crippen molar-refractivity contribution in [2.45, 2.75) is 38.8 Å². The van der Waals surface area contributed by atoms with E-state index < -0.39 is 23.7 Å². The Bertz CT molecular complexity index is 711. The molecule has 0 spiro atoms. The fourth-order valence-corrected chi connectivity index (χ4v) is 2.35. The van der Waals surface area contributed by atoms with Crippen LogP contribution in [0.4, 0.5) is 10.5 Å². The predicted molar refractivity (Wildman–Crippen MR) is 94.5 cm³/mol. The van der Waals surface area contributed by atoms with E-state index in [9.17, 15) is 14.7 Å². The molecule has 0 aliphatic rings. The normalized spacial score (nSPS) is 12.3. The molecule has 6 heteroatoms. The van der Waals surface area contributed by atoms with E-state index in [1.807, 2.05) is 30.3 Å². The summed E-state index contributed by atoms with van der Waals surface area (Å²) in [5, 5.41) is 9.75. The first-order chi connectivity index (χ1) is 11.8. The molecule has 1 amide bonds. The number of benzene rings is 1. The molecule has 1 aromatic carbocycles. The molecule has 0 unspecified atom stereocenters. The average Bonchev–Trinajstić information content (AvgIpc) is 2.54. The predicted octanol–water partition coefficient (Wildman–Crippen LogP) is 3.52. The highest BCUT2D eigenvalue weighted by Crippen LogP contribution is 2.22. The van der Waals surface area contributed by atoms with Crippen molar-refractivity contribution in [1.29, 1.82) is 0 Å². The van der Waals surface area contributed by atoms with Crippen molar-refractivity contribution in [2.24, 2.45) is 0 Å². The van der Waals surface area contributed by atoms with E-state index in [4.69, 9.17) is 4.74 Å². The Balaban J connectivity index is 2.40. The first kappa shape index (κ1) is 18.4. The largest absolute Gasteiger partial charge is 0.480 e. The molecule has 0 aliphatic carbocycles. The van der Waals surface area contributed by atoms with E-state index in [0.29, 0.717) is 5.69 Å². The molecule has 2 aromatic rings. The van der Waals surface area contributed by atoms with Gasteiger partial charge in [-0.3, -0.25) is 9.88 Å². The number of ether oxygens (including phenoxy) is 1. The number of pyridine rings is 1. The van der Waals surface area contributed by atoms with Gasteiger partial charge in [-0.15, -0.1) is 0 Å². The van der Waals surface area contributed by atoms with Gasteiger partial charge in [-0.1, -0.05) is 30.3 Å². The SMILES string of the molecule is CC(C)(C)OC(=O)N(c1ccncc1)[C@@H](Cc1ccccc1)C(=O)O. The Kier molecular flexibility index (Phi) is 5.75. The number of nitrogens with zero attached hydrogens (tertiary/aromatic N) is 2. The molecule has 1 heterocycles. The molecule has 2 rings (SSSR count). The number of aromatic nitrogens is 1. The Labute approximate surface area is 147 Å². The van der Waals surface area contributed by atoms with Gasteiger partial charge in [0.15, 0.2) is 0 Å². The Morgan fingerprint density at radius 3 is 2.24 bits per heavy atom. The standard InChI is InChI=1S/C19H22N2O4/c1-19(2,3)25-18(24)21(15-9-11-20-12-10-15)16(17(22)23)13-14-7-5-4-6-8-14/h4-12,16H,13H2,1-3H3,(H,22,23)/t16-/m0/s1. The lowest BCUT2D eigenvalue weighted by atomic mass is 10.0. The van der Waals surface area contributed by atoms with Crippen LogP contribution in [0.3, 0.4) is 0 Å². The highest BCUT2D eigenvalue weighted by Gasteiger charge is 2.34. The molecule has 1 N–H and O–H groups in total. The third-order valence-corrected chi connectivity index (χ3v) is 3.40. The molecule has 0 fully saturated rings. The highest BCUT2D eigenvalue weighted by atomic mass is 16.6. The van der Waals surface area contributed by atoms with Gasteiger partial charge in [0.2, 0.25) is 0 Å². The van der Waals surface area contributed by atoms with Gasteiger partial charge in [0.25, 0.3) is 0 Å². The maximum Gasteiger partial charge on any atom is 0.415 e. The fourth-order valence-electron chi connectivity index (χ4n) is 2.35. The van der Waals surface area contributed by atoms with Crippen LogP contribution in [-0.2, 0) is 16.0 Å². The van der Waals surface area contributed by atoms with Gasteiger partial charge in [-0.25, -0.2) is 9.59 Å². The number of rotatable bonds is 5. The van der Waals surface area contributed by atoms with E-state index in [1.165, 1.54) is 17.3 Å². The van der Waals surface area contributed by atoms with E-state index >= 15 is 0 Å². The summed E-state index contributed by atoms with van der Waals surface area (Å²) >= 11 is 0. The summed E-state index contributed by atoms with van der Waals surface area (Å²) < 4.78 is 5.43. The van der Waals surface area contributed by atoms with E-state index in [2.05, 4.69) is 4.98 Å². The van der Waals surface area contributed by atoms with Crippen LogP contribution in [0.15, 0.2) is 54.9 Å². The molecule has 1 atom stereocenters. The summed E-state index contributed by atoms with van der Waals surface area (Å²) in [7, 11) is 0. The molecule has 0 bridgehead atoms. The third-order valence-electron chi connectivity index (χ3n) is 3.40. The van der Waals surface area contributed by atoms with Crippen molar-refractivity contribution in [2.75, 3.05) is 4.90 Å². The number of hydrogen-bond acceptors (Lipinski definition) is 4. The van der Waals surface area contributed by atoms with Crippen molar-refractivity contribution in [3.8, 4) is 0 Å². The third kappa shape index (κ3) is 5.31. The van der Waals surface area contributed by atoms with Gasteiger partial charge in [0.1, 0.15) is 11.6 Å². The second-order valence-corrected chi connectivity index (χ2v) is 6.60. The summed E-state index contributed by atoms with van der Waals surface area (Å²) in [4.78, 5) is 29.7. The first-order valence-corrected chi connectivity index (χ1v) is 7.97. The van der Waals surface area contributed by atoms with Crippen LogP contribution in [0, 0.1) is 0 Å². The first-order valence-electron chi connectivity index (χ1n) is 7.97. The van der Waals surface area contributed by atoms with Crippen molar-refractivity contribution in [3.05, 3.63) is 60.4 Å². The molecule has 0 radical (unpaired) electrons. The van der Waals surface area contributed by atoms with Crippen LogP contribution < -0.4 is 4.90 Å². The second kappa shape index (κ2) is 7.79. The quantitative estimate of drug-likeness (QED) is 0.899. The van der Waals surface area contributed by atoms with Crippen LogP contribution in [0.1, 0.15) is 26.3 Å². The number of amides is 1. The summed E-state index contributed by atoms with van der Waals surface area (Å²) in [6.45, 7) is 5.22. The molecular formula is C19H22N2O4. The van der Waals surface area contributed by atoms with Gasteiger partial charge >= 0.3 is 12.1 Å². The van der Waals surface area contributed by atoms with Gasteiger partial charge in [0.05, 0.1) is 5.69 Å². The van der Waals surface area contributed by atoms with Crippen LogP contribution in [0.25, 0.3) is 0 Å². The van der Waals surface area contributed by atoms with Crippen LogP contribution in [0.5, 0.6) is 0 Å². The summed E-state index contributed by atoms with van der Waals surface area (Å²) in [6, 6.07) is 11.3. The highest BCUT2D eigenvalue weighted by molar-refractivity contribution is 5.95. The van der Waals surface area contributed by atoms with Gasteiger partial charge < -0.3 is 9.84 Å². The van der Waals surface area contributed by atoms with Crippen molar-refractivity contribution in [1.82, 2.24) is 4.98 Å². The molecule has 25 heavy (non-hydrogen) atoms. The van der Waals surface area contributed by atoms with Crippen LogP contribution in [-0.4, -0.2) is 33.8 Å². The topological polar surface area (TPSA) is 79.7 Å². The minimum Gasteiger partial charge on any atom is -0.480 e. The summed E-state index contributed by atoms with van der Waals surface area (Å²) in [5.41, 5.74) is 0.503. The number of aliphatic carboxylic acids is 1. The second-order valence-electron chi connectivity index (χ2n) is 6.60. The minimum atomic E-state index is -1.11. The van der Waals surface area contributed by atoms with Crippen molar-refractivity contribution < 1.29 is 19.4 Å². The maximum atomic E-state index is 12.7. The van der Waals surface area contributed by atoms with Crippen LogP contribution in [0.2, 0.25) is 0 Å². The monoisotopic (exact) mass is 342 g/mol. The minimum absolute atomic E-state index is 0.164. The van der Waals surface area contributed by atoms with Gasteiger partial charge in [-0.2, -0.15) is 0 Å². The molecule has 132 valence electrons. The average molecular weight is 342 g/mol. The smallest absolute Gasteiger partial charge is 0.415 e. The van der Waals surface area contributed by atoms with E-state index in [-0.39, 0.29) is 6.42 Å². The number of carboxylic acids is 1. The lowest BCUT2D eigenvalue weighted by molar-refractivity contribution is -0.138. The number of carboxylic acid groups (broad SMARTS) is 1. The zero-order valence-corrected chi connectivity index (χ0v) is 14.5. The van der Waals surface area contributed by atoms with Crippen molar-refractivity contribution in [3.63, 3.8) is 0 Å². The lowest BCUT2D eigenvalue weighted by Crippen LogP contribution is -2.48. The summed E-state index contributed by atoms with van der Waals surface area (Å²) in [5.74, 6) is -1.11.